The highest BCUT2D eigenvalue weighted by Crippen LogP contribution is 2.24. The monoisotopic (exact) mass is 244 g/mol. The molecule has 0 spiro atoms. The summed E-state index contributed by atoms with van der Waals surface area (Å²) in [7, 11) is 0. The molecule has 0 heterocycles. The second-order valence-corrected chi connectivity index (χ2v) is 3.89. The molecule has 4 heteroatoms. The van der Waals surface area contributed by atoms with Crippen LogP contribution in [0.1, 0.15) is 48.6 Å². The largest absolute Gasteiger partial charge is 0.498 e. The van der Waals surface area contributed by atoms with Crippen molar-refractivity contribution in [3.05, 3.63) is 54.3 Å². The Labute approximate surface area is 107 Å². The lowest BCUT2D eigenvalue weighted by Crippen LogP contribution is -2.03. The minimum absolute atomic E-state index is 0.677. The molecule has 0 unspecified atom stereocenters. The minimum Gasteiger partial charge on any atom is -0.498 e. The van der Waals surface area contributed by atoms with Crippen LogP contribution in [-0.4, -0.2) is 0 Å². The van der Waals surface area contributed by atoms with E-state index >= 15 is 0 Å². The Kier molecular flexibility index (Phi) is 5.02. The maximum absolute atomic E-state index is 10.5. The van der Waals surface area contributed by atoms with Gasteiger partial charge >= 0.3 is 12.1 Å². The Morgan fingerprint density at radius 3 is 1.61 bits per heavy atom. The number of hydrogen-bond acceptors (Lipinski definition) is 2. The molecule has 1 aromatic carbocycles. The zero-order valence-electron chi connectivity index (χ0n) is 10.9. The van der Waals surface area contributed by atoms with Gasteiger partial charge in [-0.25, -0.2) is 0 Å². The smallest absolute Gasteiger partial charge is 0.337 e. The first kappa shape index (κ1) is 13.9. The third-order valence-corrected chi connectivity index (χ3v) is 3.02. The molecule has 0 radical (unpaired) electrons. The van der Waals surface area contributed by atoms with Crippen LogP contribution in [0.25, 0.3) is 10.0 Å². The number of benzene rings is 1. The highest BCUT2D eigenvalue weighted by Gasteiger charge is 2.19. The molecule has 0 bridgehead atoms. The molecule has 4 nitrogen and oxygen atoms in total. The number of nitrogens with zero attached hydrogens (tertiary/aromatic N) is 2. The predicted molar refractivity (Wildman–Crippen MR) is 74.0 cm³/mol. The van der Waals surface area contributed by atoms with Gasteiger partial charge in [0.05, 0.1) is 0 Å². The molecule has 1 rings (SSSR count). The summed E-state index contributed by atoms with van der Waals surface area (Å²) in [6, 6.07) is 6.94. The summed E-state index contributed by atoms with van der Waals surface area (Å²) in [5, 5.41) is 26.4. The molecule has 0 saturated carbocycles. The molecule has 1 aromatic rings. The van der Waals surface area contributed by atoms with E-state index in [1.165, 1.54) is 0 Å². The SMILES string of the molecule is CCc1cc(CC)c(C#[N+][O-])c(CC)c1C#[N+][O-]. The van der Waals surface area contributed by atoms with E-state index in [1.54, 1.807) is 0 Å². The summed E-state index contributed by atoms with van der Waals surface area (Å²) in [6.07, 6.45) is 2.25. The minimum atomic E-state index is 0.677. The summed E-state index contributed by atoms with van der Waals surface area (Å²) in [6.45, 7) is 5.98. The Hall–Kier alpha value is -2.20. The molecule has 0 N–H and O–H groups in total. The van der Waals surface area contributed by atoms with Crippen LogP contribution in [0.4, 0.5) is 0 Å². The van der Waals surface area contributed by atoms with Crippen LogP contribution in [0.15, 0.2) is 6.07 Å². The average molecular weight is 244 g/mol. The van der Waals surface area contributed by atoms with E-state index in [2.05, 4.69) is 22.2 Å². The van der Waals surface area contributed by atoms with E-state index in [0.717, 1.165) is 29.5 Å². The lowest BCUT2D eigenvalue weighted by atomic mass is 9.89. The van der Waals surface area contributed by atoms with E-state index in [1.807, 2.05) is 26.8 Å². The van der Waals surface area contributed by atoms with Gasteiger partial charge in [-0.3, -0.25) is 0 Å². The van der Waals surface area contributed by atoms with Crippen LogP contribution in [0.3, 0.4) is 0 Å². The summed E-state index contributed by atoms with van der Waals surface area (Å²) in [5.74, 6) is 0. The van der Waals surface area contributed by atoms with Crippen molar-refractivity contribution in [3.8, 4) is 12.1 Å². The molecule has 18 heavy (non-hydrogen) atoms. The van der Waals surface area contributed by atoms with Gasteiger partial charge in [0.25, 0.3) is 0 Å². The highest BCUT2D eigenvalue weighted by molar-refractivity contribution is 5.58. The first-order chi connectivity index (χ1) is 8.73. The highest BCUT2D eigenvalue weighted by atomic mass is 16.4. The first-order valence-electron chi connectivity index (χ1n) is 6.07. The summed E-state index contributed by atoms with van der Waals surface area (Å²) < 4.78 is 0. The lowest BCUT2D eigenvalue weighted by Gasteiger charge is -2.10. The zero-order valence-corrected chi connectivity index (χ0v) is 10.9. The Morgan fingerprint density at radius 2 is 1.33 bits per heavy atom. The fourth-order valence-electron chi connectivity index (χ4n) is 2.15. The van der Waals surface area contributed by atoms with Gasteiger partial charge in [0.2, 0.25) is 0 Å². The van der Waals surface area contributed by atoms with E-state index in [9.17, 15) is 10.4 Å². The molecule has 0 aromatic heterocycles. The van der Waals surface area contributed by atoms with Gasteiger partial charge in [-0.2, -0.15) is 0 Å². The van der Waals surface area contributed by atoms with Crippen molar-refractivity contribution in [2.45, 2.75) is 40.0 Å². The van der Waals surface area contributed by atoms with Crippen LogP contribution in [0.5, 0.6) is 0 Å². The van der Waals surface area contributed by atoms with Gasteiger partial charge < -0.3 is 10.4 Å². The summed E-state index contributed by atoms with van der Waals surface area (Å²) in [4.78, 5) is 0. The van der Waals surface area contributed by atoms with Crippen LogP contribution in [-0.2, 0) is 19.3 Å². The molecule has 0 aliphatic heterocycles. The molecule has 0 aliphatic carbocycles. The van der Waals surface area contributed by atoms with Crippen LogP contribution in [0, 0.1) is 22.6 Å². The van der Waals surface area contributed by atoms with E-state index in [0.29, 0.717) is 17.5 Å². The van der Waals surface area contributed by atoms with Gasteiger partial charge in [-0.15, -0.1) is 0 Å². The molecular weight excluding hydrogens is 228 g/mol. The lowest BCUT2D eigenvalue weighted by molar-refractivity contribution is 1.02. The van der Waals surface area contributed by atoms with Crippen molar-refractivity contribution in [1.29, 1.82) is 0 Å². The van der Waals surface area contributed by atoms with Crippen LogP contribution in [0.2, 0.25) is 0 Å². The number of rotatable bonds is 3. The topological polar surface area (TPSA) is 54.8 Å². The fraction of sp³-hybridized carbons (Fsp3) is 0.429. The summed E-state index contributed by atoms with van der Waals surface area (Å²) >= 11 is 0. The Balaban J connectivity index is 3.70. The molecule has 0 saturated heterocycles. The molecule has 94 valence electrons. The summed E-state index contributed by atoms with van der Waals surface area (Å²) in [5.41, 5.74) is 4.25. The van der Waals surface area contributed by atoms with Crippen molar-refractivity contribution in [3.63, 3.8) is 0 Å². The normalized spacial score (nSPS) is 9.06. The molecule has 0 atom stereocenters. The Morgan fingerprint density at radius 1 is 0.889 bits per heavy atom. The van der Waals surface area contributed by atoms with Crippen LogP contribution >= 0.6 is 0 Å². The third kappa shape index (κ3) is 2.55. The third-order valence-electron chi connectivity index (χ3n) is 3.02. The van der Waals surface area contributed by atoms with E-state index < -0.39 is 0 Å². The van der Waals surface area contributed by atoms with Gasteiger partial charge in [-0.1, -0.05) is 26.8 Å². The molecule has 0 fully saturated rings. The molecule has 0 aliphatic rings. The maximum Gasteiger partial charge on any atom is 0.337 e. The fourth-order valence-corrected chi connectivity index (χ4v) is 2.15. The maximum atomic E-state index is 10.5. The van der Waals surface area contributed by atoms with Crippen LogP contribution < -0.4 is 0 Å². The molecular formula is C14H16N2O2. The predicted octanol–water partition coefficient (Wildman–Crippen LogP) is 3.73. The van der Waals surface area contributed by atoms with Gasteiger partial charge in [-0.05, 0) is 36.0 Å². The van der Waals surface area contributed by atoms with Gasteiger partial charge in [0.1, 0.15) is 11.1 Å². The van der Waals surface area contributed by atoms with Crippen molar-refractivity contribution in [2.75, 3.05) is 0 Å². The van der Waals surface area contributed by atoms with Crippen molar-refractivity contribution in [2.24, 2.45) is 0 Å². The average Bonchev–Trinajstić information content (AvgIpc) is 2.40. The van der Waals surface area contributed by atoms with Crippen molar-refractivity contribution in [1.82, 2.24) is 0 Å². The number of aryl methyl sites for hydroxylation is 2. The standard InChI is InChI=1S/C14H16N2O2/c1-4-10-7-11(5-2)14(9-16-18)12(6-3)13(10)8-15-17/h7H,4-6H2,1-3H3. The van der Waals surface area contributed by atoms with E-state index in [4.69, 9.17) is 0 Å². The van der Waals surface area contributed by atoms with E-state index in [-0.39, 0.29) is 0 Å². The first-order valence-corrected chi connectivity index (χ1v) is 6.07. The number of hydrogen-bond donors (Lipinski definition) is 0. The van der Waals surface area contributed by atoms with Gasteiger partial charge in [0.15, 0.2) is 0 Å². The second kappa shape index (κ2) is 6.51. The van der Waals surface area contributed by atoms with Crippen molar-refractivity contribution >= 4 is 0 Å². The van der Waals surface area contributed by atoms with Crippen molar-refractivity contribution < 1.29 is 0 Å². The van der Waals surface area contributed by atoms with Gasteiger partial charge in [0, 0.05) is 10.0 Å². The molecule has 0 amide bonds. The Bertz CT molecular complexity index is 511. The second-order valence-electron chi connectivity index (χ2n) is 3.89. The zero-order chi connectivity index (χ0) is 13.5. The quantitative estimate of drug-likeness (QED) is 0.760.